The molecule has 0 aromatic heterocycles. The summed E-state index contributed by atoms with van der Waals surface area (Å²) in [7, 11) is 1.01. The van der Waals surface area contributed by atoms with Crippen molar-refractivity contribution in [3.8, 4) is 6.07 Å². The van der Waals surface area contributed by atoms with Crippen molar-refractivity contribution in [1.82, 2.24) is 5.32 Å². The van der Waals surface area contributed by atoms with E-state index in [0.717, 1.165) is 7.11 Å². The molecule has 0 heterocycles. The van der Waals surface area contributed by atoms with Crippen molar-refractivity contribution in [2.75, 3.05) is 7.11 Å². The number of amides is 3. The van der Waals surface area contributed by atoms with E-state index in [9.17, 15) is 14.4 Å². The van der Waals surface area contributed by atoms with Crippen LogP contribution in [0.15, 0.2) is 5.16 Å². The molecule has 0 saturated carbocycles. The minimum atomic E-state index is -1.21. The van der Waals surface area contributed by atoms with Gasteiger partial charge in [0.25, 0.3) is 5.91 Å². The standard InChI is InChI=1S/C6H6N4O5/c1-14-6(13)15-10-3(2-7)4(11)9-5(8)12/h1H3,(H3,8,9,11,12). The van der Waals surface area contributed by atoms with Gasteiger partial charge in [0.1, 0.15) is 6.07 Å². The lowest BCUT2D eigenvalue weighted by Crippen LogP contribution is -2.39. The quantitative estimate of drug-likeness (QED) is 0.257. The number of nitrogens with zero attached hydrogens (tertiary/aromatic N) is 2. The van der Waals surface area contributed by atoms with Crippen molar-refractivity contribution in [2.45, 2.75) is 0 Å². The summed E-state index contributed by atoms with van der Waals surface area (Å²) in [5, 5.41) is 12.7. The first-order valence-corrected chi connectivity index (χ1v) is 3.35. The summed E-state index contributed by atoms with van der Waals surface area (Å²) in [5.74, 6) is -1.19. The molecule has 0 aliphatic carbocycles. The van der Waals surface area contributed by atoms with Gasteiger partial charge in [0, 0.05) is 0 Å². The zero-order valence-corrected chi connectivity index (χ0v) is 7.51. The number of oxime groups is 1. The number of hydrogen-bond donors (Lipinski definition) is 2. The van der Waals surface area contributed by atoms with Gasteiger partial charge in [-0.1, -0.05) is 5.16 Å². The van der Waals surface area contributed by atoms with E-state index in [2.05, 4.69) is 20.5 Å². The number of rotatable bonds is 2. The normalized spacial score (nSPS) is 9.73. The fourth-order valence-corrected chi connectivity index (χ4v) is 0.404. The third-order valence-electron chi connectivity index (χ3n) is 0.936. The van der Waals surface area contributed by atoms with Crippen molar-refractivity contribution < 1.29 is 24.0 Å². The molecule has 0 unspecified atom stereocenters. The second kappa shape index (κ2) is 5.92. The third-order valence-corrected chi connectivity index (χ3v) is 0.936. The van der Waals surface area contributed by atoms with Crippen LogP contribution in [0.25, 0.3) is 0 Å². The van der Waals surface area contributed by atoms with Crippen LogP contribution in [0.2, 0.25) is 0 Å². The van der Waals surface area contributed by atoms with E-state index in [1.54, 1.807) is 5.32 Å². The van der Waals surface area contributed by atoms with E-state index < -0.39 is 23.8 Å². The number of carbonyl (C=O) groups excluding carboxylic acids is 3. The van der Waals surface area contributed by atoms with Crippen LogP contribution in [0.1, 0.15) is 0 Å². The van der Waals surface area contributed by atoms with E-state index >= 15 is 0 Å². The zero-order valence-electron chi connectivity index (χ0n) is 7.51. The first-order chi connectivity index (χ1) is 7.01. The minimum absolute atomic E-state index is 0.848. The van der Waals surface area contributed by atoms with Crippen molar-refractivity contribution >= 4 is 23.8 Å². The van der Waals surface area contributed by atoms with Gasteiger partial charge in [-0.15, -0.1) is 0 Å². The number of primary amides is 1. The molecule has 80 valence electrons. The Labute approximate surface area is 83.4 Å². The smallest absolute Gasteiger partial charge is 0.436 e. The van der Waals surface area contributed by atoms with E-state index in [0.29, 0.717) is 0 Å². The van der Waals surface area contributed by atoms with Crippen molar-refractivity contribution in [2.24, 2.45) is 10.9 Å². The van der Waals surface area contributed by atoms with Crippen molar-refractivity contribution in [3.05, 3.63) is 0 Å². The van der Waals surface area contributed by atoms with Gasteiger partial charge in [-0.2, -0.15) is 5.26 Å². The molecule has 0 bridgehead atoms. The molecule has 0 aliphatic rings. The molecule has 0 spiro atoms. The van der Waals surface area contributed by atoms with Gasteiger partial charge in [0.15, 0.2) is 0 Å². The lowest BCUT2D eigenvalue weighted by Gasteiger charge is -1.97. The lowest BCUT2D eigenvalue weighted by molar-refractivity contribution is -0.113. The molecule has 9 nitrogen and oxygen atoms in total. The summed E-state index contributed by atoms with van der Waals surface area (Å²) >= 11 is 0. The molecule has 0 aromatic rings. The van der Waals surface area contributed by atoms with Gasteiger partial charge in [0.2, 0.25) is 5.71 Å². The summed E-state index contributed by atoms with van der Waals surface area (Å²) < 4.78 is 4.00. The SMILES string of the molecule is COC(=O)ON=C(C#N)C(=O)NC(N)=O. The van der Waals surface area contributed by atoms with Crippen LogP contribution >= 0.6 is 0 Å². The lowest BCUT2D eigenvalue weighted by atomic mass is 10.4. The van der Waals surface area contributed by atoms with Crippen LogP contribution in [0.3, 0.4) is 0 Å². The highest BCUT2D eigenvalue weighted by molar-refractivity contribution is 6.46. The maximum atomic E-state index is 10.9. The summed E-state index contributed by atoms with van der Waals surface area (Å²) in [6, 6.07) is 0.118. The van der Waals surface area contributed by atoms with E-state index in [-0.39, 0.29) is 0 Å². The fourth-order valence-electron chi connectivity index (χ4n) is 0.404. The summed E-state index contributed by atoms with van der Waals surface area (Å²) in [5.41, 5.74) is 3.75. The number of urea groups is 1. The number of imide groups is 1. The summed E-state index contributed by atoms with van der Waals surface area (Å²) in [4.78, 5) is 35.4. The molecule has 0 saturated heterocycles. The van der Waals surface area contributed by atoms with E-state index in [4.69, 9.17) is 5.26 Å². The van der Waals surface area contributed by atoms with E-state index in [1.807, 2.05) is 0 Å². The Morgan fingerprint density at radius 2 is 2.07 bits per heavy atom. The second-order valence-corrected chi connectivity index (χ2v) is 1.92. The average Bonchev–Trinajstić information content (AvgIpc) is 2.17. The van der Waals surface area contributed by atoms with Crippen LogP contribution < -0.4 is 11.1 Å². The van der Waals surface area contributed by atoms with Crippen molar-refractivity contribution in [3.63, 3.8) is 0 Å². The first kappa shape index (κ1) is 12.4. The highest BCUT2D eigenvalue weighted by Crippen LogP contribution is 1.86. The summed E-state index contributed by atoms with van der Waals surface area (Å²) in [6.07, 6.45) is -1.21. The molecular formula is C6H6N4O5. The molecule has 3 N–H and O–H groups in total. The average molecular weight is 214 g/mol. The highest BCUT2D eigenvalue weighted by atomic mass is 16.8. The fraction of sp³-hybridized carbons (Fsp3) is 0.167. The molecular weight excluding hydrogens is 208 g/mol. The van der Waals surface area contributed by atoms with Gasteiger partial charge in [-0.3, -0.25) is 14.9 Å². The number of hydrogen-bond acceptors (Lipinski definition) is 7. The first-order valence-electron chi connectivity index (χ1n) is 3.35. The molecule has 0 radical (unpaired) electrons. The van der Waals surface area contributed by atoms with Gasteiger partial charge in [-0.25, -0.2) is 9.59 Å². The van der Waals surface area contributed by atoms with Crippen molar-refractivity contribution in [1.29, 1.82) is 5.26 Å². The number of methoxy groups -OCH3 is 1. The van der Waals surface area contributed by atoms with Crippen LogP contribution in [0.5, 0.6) is 0 Å². The van der Waals surface area contributed by atoms with Gasteiger partial charge in [0.05, 0.1) is 7.11 Å². The molecule has 0 aliphatic heterocycles. The molecule has 0 atom stereocenters. The number of nitrogens with one attached hydrogen (secondary N) is 1. The highest BCUT2D eigenvalue weighted by Gasteiger charge is 2.14. The Hall–Kier alpha value is -2.63. The minimum Gasteiger partial charge on any atom is -0.436 e. The van der Waals surface area contributed by atoms with Gasteiger partial charge >= 0.3 is 12.2 Å². The van der Waals surface area contributed by atoms with Crippen LogP contribution in [0, 0.1) is 11.3 Å². The second-order valence-electron chi connectivity index (χ2n) is 1.92. The van der Waals surface area contributed by atoms with Crippen LogP contribution in [-0.4, -0.2) is 30.9 Å². The Kier molecular flexibility index (Phi) is 4.88. The number of ether oxygens (including phenoxy) is 1. The van der Waals surface area contributed by atoms with Crippen LogP contribution in [-0.2, 0) is 14.4 Å². The number of nitrogens with two attached hydrogens (primary N) is 1. The Balaban J connectivity index is 4.49. The number of carbonyl (C=O) groups is 3. The topological polar surface area (TPSA) is 144 Å². The monoisotopic (exact) mass is 214 g/mol. The molecule has 3 amide bonds. The third kappa shape index (κ3) is 4.83. The molecule has 15 heavy (non-hydrogen) atoms. The van der Waals surface area contributed by atoms with Gasteiger partial charge < -0.3 is 10.5 Å². The largest absolute Gasteiger partial charge is 0.534 e. The van der Waals surface area contributed by atoms with Crippen LogP contribution in [0.4, 0.5) is 9.59 Å². The van der Waals surface area contributed by atoms with E-state index in [1.165, 1.54) is 6.07 Å². The molecule has 0 aromatic carbocycles. The maximum Gasteiger partial charge on any atom is 0.534 e. The zero-order chi connectivity index (χ0) is 11.8. The Bertz CT molecular complexity index is 355. The molecule has 0 rings (SSSR count). The summed E-state index contributed by atoms with van der Waals surface area (Å²) in [6.45, 7) is 0. The Morgan fingerprint density at radius 1 is 1.47 bits per heavy atom. The molecule has 9 heteroatoms. The Morgan fingerprint density at radius 3 is 2.47 bits per heavy atom. The predicted octanol–water partition coefficient (Wildman–Crippen LogP) is -1.16. The number of nitriles is 1. The molecule has 0 fully saturated rings. The predicted molar refractivity (Wildman–Crippen MR) is 44.3 cm³/mol. The maximum absolute atomic E-state index is 10.9. The van der Waals surface area contributed by atoms with Gasteiger partial charge in [-0.05, 0) is 0 Å².